The third-order valence-corrected chi connectivity index (χ3v) is 7.80. The minimum absolute atomic E-state index is 0.205. The van der Waals surface area contributed by atoms with E-state index in [9.17, 15) is 4.21 Å². The molecule has 2 aromatic rings. The molecule has 2 aromatic heterocycles. The summed E-state index contributed by atoms with van der Waals surface area (Å²) < 4.78 is 18.6. The number of rotatable bonds is 4. The number of nitrogens with zero attached hydrogens (tertiary/aromatic N) is 4. The maximum atomic E-state index is 13.6. The number of hydrogen-bond acceptors (Lipinski definition) is 6. The number of hydrogen-bond donors (Lipinski definition) is 0. The number of pyridine rings is 1. The lowest BCUT2D eigenvalue weighted by molar-refractivity contribution is 0.0985. The summed E-state index contributed by atoms with van der Waals surface area (Å²) in [6.07, 6.45) is 5.39. The molecule has 6 nitrogen and oxygen atoms in total. The molecule has 144 valence electrons. The molecule has 1 aliphatic carbocycles. The Morgan fingerprint density at radius 3 is 2.81 bits per heavy atom. The van der Waals surface area contributed by atoms with E-state index < -0.39 is 15.5 Å². The third kappa shape index (κ3) is 3.60. The quantitative estimate of drug-likeness (QED) is 0.440. The molecule has 0 aromatic carbocycles. The van der Waals surface area contributed by atoms with Crippen molar-refractivity contribution in [3.8, 4) is 0 Å². The fourth-order valence-electron chi connectivity index (χ4n) is 4.08. The molecule has 1 aliphatic heterocycles. The van der Waals surface area contributed by atoms with Crippen molar-refractivity contribution in [1.82, 2.24) is 15.0 Å². The Morgan fingerprint density at radius 1 is 1.30 bits per heavy atom. The first kappa shape index (κ1) is 18.8. The van der Waals surface area contributed by atoms with Crippen molar-refractivity contribution in [2.45, 2.75) is 48.4 Å². The van der Waals surface area contributed by atoms with E-state index >= 15 is 0 Å². The second-order valence-electron chi connectivity index (χ2n) is 7.22. The maximum absolute atomic E-state index is 13.6. The van der Waals surface area contributed by atoms with E-state index in [-0.39, 0.29) is 11.3 Å². The number of anilines is 1. The molecule has 0 radical (unpaired) electrons. The smallest absolute Gasteiger partial charge is 0.248 e. The zero-order valence-corrected chi connectivity index (χ0v) is 17.0. The number of ether oxygens (including phenoxy) is 1. The molecule has 2 fully saturated rings. The van der Waals surface area contributed by atoms with E-state index in [1.54, 1.807) is 6.20 Å². The maximum Gasteiger partial charge on any atom is 0.248 e. The summed E-state index contributed by atoms with van der Waals surface area (Å²) in [5.41, 5.74) is 0.778. The fourth-order valence-corrected chi connectivity index (χ4v) is 6.13. The summed E-state index contributed by atoms with van der Waals surface area (Å²) in [7, 11) is -1.74. The van der Waals surface area contributed by atoms with Gasteiger partial charge in [0.25, 0.3) is 0 Å². The topological polar surface area (TPSA) is 68.2 Å². The Hall–Kier alpha value is -1.57. The summed E-state index contributed by atoms with van der Waals surface area (Å²) in [6.45, 7) is 4.18. The average molecular weight is 408 g/mol. The van der Waals surface area contributed by atoms with Crippen LogP contribution < -0.4 is 4.90 Å². The van der Waals surface area contributed by atoms with Gasteiger partial charge in [0.1, 0.15) is 22.3 Å². The van der Waals surface area contributed by atoms with E-state index in [4.69, 9.17) is 16.3 Å². The molecule has 4 rings (SSSR count). The molecule has 0 N–H and O–H groups in total. The standard InChI is InChI=1S/C19H23ClN4O2S/c1-14-13-26-11-10-24(14)16-12-15(22-18(20)23-16)19(7-3-4-8-19)27(25)17-6-2-5-9-21-17/h2,5-6,9,12,14H,3-4,7-8,10-11,13H2,1H3/p+1/t14-,27?/m0/s1. The van der Waals surface area contributed by atoms with Gasteiger partial charge in [0.15, 0.2) is 4.75 Å². The third-order valence-electron chi connectivity index (χ3n) is 5.50. The predicted octanol–water partition coefficient (Wildman–Crippen LogP) is 3.27. The van der Waals surface area contributed by atoms with Gasteiger partial charge in [-0.25, -0.2) is 15.0 Å². The zero-order valence-electron chi connectivity index (χ0n) is 15.3. The van der Waals surface area contributed by atoms with Crippen LogP contribution in [0.4, 0.5) is 5.82 Å². The van der Waals surface area contributed by atoms with Crippen LogP contribution in [-0.4, -0.2) is 40.8 Å². The monoisotopic (exact) mass is 407 g/mol. The van der Waals surface area contributed by atoms with Gasteiger partial charge in [-0.1, -0.05) is 10.3 Å². The van der Waals surface area contributed by atoms with E-state index in [1.807, 2.05) is 24.3 Å². The number of thiol groups is 1. The SMILES string of the molecule is C[C@H]1COCCN1c1cc(C2([SH+](=O)c3ccccn3)CCCC2)nc(Cl)n1. The van der Waals surface area contributed by atoms with Crippen molar-refractivity contribution in [3.05, 3.63) is 41.4 Å². The lowest BCUT2D eigenvalue weighted by Gasteiger charge is -2.34. The van der Waals surface area contributed by atoms with Gasteiger partial charge in [-0.2, -0.15) is 0 Å². The Bertz CT molecular complexity index is 830. The normalized spacial score (nSPS) is 23.3. The molecular formula is C19H24ClN4O2S+. The van der Waals surface area contributed by atoms with Gasteiger partial charge < -0.3 is 9.64 Å². The molecule has 1 saturated carbocycles. The zero-order chi connectivity index (χ0) is 18.9. The van der Waals surface area contributed by atoms with Crippen molar-refractivity contribution in [2.75, 3.05) is 24.7 Å². The first-order chi connectivity index (χ1) is 13.1. The highest BCUT2D eigenvalue weighted by Gasteiger charge is 2.50. The van der Waals surface area contributed by atoms with Crippen molar-refractivity contribution in [1.29, 1.82) is 0 Å². The Kier molecular flexibility index (Phi) is 5.43. The number of aromatic nitrogens is 3. The van der Waals surface area contributed by atoms with Gasteiger partial charge in [0, 0.05) is 37.7 Å². The predicted molar refractivity (Wildman–Crippen MR) is 107 cm³/mol. The minimum Gasteiger partial charge on any atom is -0.377 e. The molecule has 1 unspecified atom stereocenters. The lowest BCUT2D eigenvalue weighted by Crippen LogP contribution is -2.44. The summed E-state index contributed by atoms with van der Waals surface area (Å²) >= 11 is 6.32. The first-order valence-electron chi connectivity index (χ1n) is 9.38. The molecule has 0 bridgehead atoms. The van der Waals surface area contributed by atoms with Crippen LogP contribution in [0.15, 0.2) is 35.5 Å². The van der Waals surface area contributed by atoms with Crippen LogP contribution in [0.5, 0.6) is 0 Å². The van der Waals surface area contributed by atoms with Crippen LogP contribution in [0.25, 0.3) is 0 Å². The van der Waals surface area contributed by atoms with Crippen LogP contribution in [0.3, 0.4) is 0 Å². The first-order valence-corrected chi connectivity index (χ1v) is 11.0. The van der Waals surface area contributed by atoms with Crippen molar-refractivity contribution in [2.24, 2.45) is 0 Å². The fraction of sp³-hybridized carbons (Fsp3) is 0.526. The van der Waals surface area contributed by atoms with Gasteiger partial charge in [0.05, 0.1) is 19.3 Å². The second-order valence-corrected chi connectivity index (χ2v) is 9.46. The molecule has 27 heavy (non-hydrogen) atoms. The van der Waals surface area contributed by atoms with E-state index in [0.29, 0.717) is 18.2 Å². The Morgan fingerprint density at radius 2 is 2.11 bits per heavy atom. The largest absolute Gasteiger partial charge is 0.377 e. The van der Waals surface area contributed by atoms with Crippen LogP contribution in [0.1, 0.15) is 38.3 Å². The molecule has 8 heteroatoms. The Labute approximate surface area is 166 Å². The van der Waals surface area contributed by atoms with Crippen molar-refractivity contribution in [3.63, 3.8) is 0 Å². The highest BCUT2D eigenvalue weighted by molar-refractivity contribution is 7.85. The average Bonchev–Trinajstić information content (AvgIpc) is 3.19. The molecule has 1 saturated heterocycles. The summed E-state index contributed by atoms with van der Waals surface area (Å²) in [4.78, 5) is 15.5. The van der Waals surface area contributed by atoms with Crippen LogP contribution in [-0.2, 0) is 24.5 Å². The molecule has 2 aliphatic rings. The molecule has 3 heterocycles. The van der Waals surface area contributed by atoms with Gasteiger partial charge in [0.2, 0.25) is 10.3 Å². The van der Waals surface area contributed by atoms with Gasteiger partial charge in [-0.15, -0.1) is 0 Å². The number of halogens is 1. The van der Waals surface area contributed by atoms with Gasteiger partial charge >= 0.3 is 0 Å². The second kappa shape index (κ2) is 7.81. The van der Waals surface area contributed by atoms with Gasteiger partial charge in [-0.3, -0.25) is 0 Å². The van der Waals surface area contributed by atoms with Crippen molar-refractivity contribution < 1.29 is 8.95 Å². The highest BCUT2D eigenvalue weighted by atomic mass is 35.5. The van der Waals surface area contributed by atoms with Gasteiger partial charge in [-0.05, 0) is 37.4 Å². The lowest BCUT2D eigenvalue weighted by atomic mass is 10.0. The number of morpholine rings is 1. The minimum atomic E-state index is -1.74. The molecular weight excluding hydrogens is 384 g/mol. The molecule has 0 amide bonds. The van der Waals surface area contributed by atoms with Crippen LogP contribution in [0, 0.1) is 0 Å². The van der Waals surface area contributed by atoms with E-state index in [1.165, 1.54) is 0 Å². The molecule has 0 spiro atoms. The highest BCUT2D eigenvalue weighted by Crippen LogP contribution is 2.46. The molecule has 2 atom stereocenters. The Balaban J connectivity index is 1.76. The van der Waals surface area contributed by atoms with E-state index in [2.05, 4.69) is 26.8 Å². The van der Waals surface area contributed by atoms with Crippen LogP contribution >= 0.6 is 11.6 Å². The van der Waals surface area contributed by atoms with Crippen LogP contribution in [0.2, 0.25) is 5.28 Å². The summed E-state index contributed by atoms with van der Waals surface area (Å²) in [5, 5.41) is 0.835. The van der Waals surface area contributed by atoms with Crippen molar-refractivity contribution >= 4 is 28.2 Å². The summed E-state index contributed by atoms with van der Waals surface area (Å²) in [5.74, 6) is 0.788. The van der Waals surface area contributed by atoms with E-state index in [0.717, 1.165) is 43.7 Å². The summed E-state index contributed by atoms with van der Waals surface area (Å²) in [6, 6.07) is 7.75.